The molecule has 0 aromatic rings. The van der Waals surface area contributed by atoms with Crippen LogP contribution in [0.25, 0.3) is 0 Å². The second-order valence-electron chi connectivity index (χ2n) is 46.4. The van der Waals surface area contributed by atoms with Gasteiger partial charge in [-0.05, 0) is 328 Å². The first-order chi connectivity index (χ1) is 59.2. The number of unbranched alkanes of at least 4 members (excludes halogenated alkanes) is 30. The van der Waals surface area contributed by atoms with Gasteiger partial charge in [0.2, 0.25) is 0 Å². The topological polar surface area (TPSA) is 31.4 Å². The van der Waals surface area contributed by atoms with Crippen molar-refractivity contribution in [2.45, 2.75) is 641 Å². The lowest BCUT2D eigenvalue weighted by Gasteiger charge is -2.69. The second kappa shape index (κ2) is 55.8. The summed E-state index contributed by atoms with van der Waals surface area (Å²) < 4.78 is 14.2. The summed E-state index contributed by atoms with van der Waals surface area (Å²) in [7, 11) is 0. The molecule has 10 atom stereocenters. The SMILES string of the molecule is CCCCCCCCOC1CCC(N(C2CCC(C)CC2)C2CC(N(C3CCC(CCCCCCCC)CC3)C3CCC(CCCCCCCC)CC3)C3CCC4C5C(CCC2C35)C(N(C2CCC(CCCCCCCC)CC2)C2CCC(CCCCCCCC)CC2)CC4N(C2CCC(C)CC2)C2CCC(OCCCCCCCC)CC2)CC1. The highest BCUT2D eigenvalue weighted by molar-refractivity contribution is 5.17. The van der Waals surface area contributed by atoms with Crippen LogP contribution in [0.2, 0.25) is 0 Å². The molecule has 12 saturated carbocycles. The standard InChI is InChI=1S/C114H210N4O2/c1-9-15-21-27-33-39-45-91-53-65-97(66-54-91)117(98-67-55-92(56-68-98)46-40-34-28-22-16-10-2)111-87-109(115(95-61-49-89(7)50-62-95)101-73-77-103(78-74-101)119-85-43-37-31-25-19-13-5)105-82-84-108-112(118(99-69-57-93(58-70-99)47-41-35-29-23-17-11-3)100-71-59-94(60-72-100)48-42-36-30-24-18-12-4)88-110(106-81-83-107(111)113(105)114(106)108)116(96-63-51-90(8)52-64-96)102-75-79-104(80-76-102)120-86-44-38-32-26-20-14-6/h89-114H,9-88H2,1-8H3. The molecule has 6 nitrogen and oxygen atoms in total. The molecule has 0 amide bonds. The molecule has 0 saturated heterocycles. The Morgan fingerprint density at radius 2 is 0.375 bits per heavy atom. The van der Waals surface area contributed by atoms with Gasteiger partial charge in [-0.3, -0.25) is 19.6 Å². The van der Waals surface area contributed by atoms with Gasteiger partial charge in [-0.15, -0.1) is 0 Å². The summed E-state index contributed by atoms with van der Waals surface area (Å²) in [5, 5.41) is 0. The summed E-state index contributed by atoms with van der Waals surface area (Å²) >= 11 is 0. The minimum Gasteiger partial charge on any atom is -0.378 e. The molecule has 120 heavy (non-hydrogen) atoms. The fourth-order valence-electron chi connectivity index (χ4n) is 31.2. The van der Waals surface area contributed by atoms with Gasteiger partial charge in [-0.1, -0.05) is 299 Å². The van der Waals surface area contributed by atoms with Crippen LogP contribution in [0.15, 0.2) is 0 Å². The number of hydrogen-bond donors (Lipinski definition) is 0. The molecule has 0 aromatic heterocycles. The van der Waals surface area contributed by atoms with Crippen LogP contribution in [-0.2, 0) is 9.47 Å². The number of nitrogens with zero attached hydrogens (tertiary/aromatic N) is 4. The van der Waals surface area contributed by atoms with Gasteiger partial charge < -0.3 is 9.47 Å². The Labute approximate surface area is 749 Å². The summed E-state index contributed by atoms with van der Waals surface area (Å²) in [6, 6.07) is 9.26. The van der Waals surface area contributed by atoms with Crippen molar-refractivity contribution in [3.8, 4) is 0 Å². The van der Waals surface area contributed by atoms with Crippen molar-refractivity contribution < 1.29 is 9.47 Å². The first-order valence-electron chi connectivity index (χ1n) is 57.5. The molecule has 10 unspecified atom stereocenters. The Morgan fingerprint density at radius 3 is 0.592 bits per heavy atom. The van der Waals surface area contributed by atoms with Crippen LogP contribution in [0.5, 0.6) is 0 Å². The average molecular weight is 1670 g/mol. The molecule has 6 heteroatoms. The van der Waals surface area contributed by atoms with E-state index in [0.717, 1.165) is 157 Å². The van der Waals surface area contributed by atoms with Gasteiger partial charge in [0.05, 0.1) is 12.2 Å². The number of hydrogen-bond acceptors (Lipinski definition) is 6. The van der Waals surface area contributed by atoms with Crippen LogP contribution in [0, 0.1) is 71.0 Å². The molecule has 0 aliphatic heterocycles. The highest BCUT2D eigenvalue weighted by Gasteiger charge is 2.65. The maximum Gasteiger partial charge on any atom is 0.0576 e. The zero-order valence-electron chi connectivity index (χ0n) is 82.2. The van der Waals surface area contributed by atoms with Gasteiger partial charge in [0.15, 0.2) is 0 Å². The molecule has 12 aliphatic rings. The molecule has 0 aromatic carbocycles. The van der Waals surface area contributed by atoms with E-state index in [1.165, 1.54) is 475 Å². The van der Waals surface area contributed by atoms with Crippen molar-refractivity contribution in [2.24, 2.45) is 71.0 Å². The summed E-state index contributed by atoms with van der Waals surface area (Å²) in [6.45, 7) is 21.7. The summed E-state index contributed by atoms with van der Waals surface area (Å²) in [6.07, 6.45) is 115. The number of rotatable bonds is 56. The molecule has 0 spiro atoms. The minimum atomic E-state index is 0.485. The molecule has 0 radical (unpaired) electrons. The van der Waals surface area contributed by atoms with Crippen molar-refractivity contribution in [3.05, 3.63) is 0 Å². The van der Waals surface area contributed by atoms with Crippen molar-refractivity contribution in [2.75, 3.05) is 13.2 Å². The first kappa shape index (κ1) is 98.8. The maximum atomic E-state index is 7.09. The lowest BCUT2D eigenvalue weighted by molar-refractivity contribution is -0.197. The predicted molar refractivity (Wildman–Crippen MR) is 520 cm³/mol. The van der Waals surface area contributed by atoms with Crippen LogP contribution in [-0.4, -0.2) is 118 Å². The lowest BCUT2D eigenvalue weighted by atomic mass is 9.44. The van der Waals surface area contributed by atoms with E-state index in [9.17, 15) is 0 Å². The minimum absolute atomic E-state index is 0.485. The van der Waals surface area contributed by atoms with E-state index < -0.39 is 0 Å². The van der Waals surface area contributed by atoms with Gasteiger partial charge in [0, 0.05) is 85.7 Å². The Bertz CT molecular complexity index is 2290. The fraction of sp³-hybridized carbons (Fsp3) is 1.00. The van der Waals surface area contributed by atoms with Crippen LogP contribution >= 0.6 is 0 Å². The molecule has 12 fully saturated rings. The highest BCUT2D eigenvalue weighted by atomic mass is 16.5. The quantitative estimate of drug-likeness (QED) is 0.0564. The highest BCUT2D eigenvalue weighted by Crippen LogP contribution is 2.65. The summed E-state index contributed by atoms with van der Waals surface area (Å²) in [5.41, 5.74) is 0. The van der Waals surface area contributed by atoms with Crippen molar-refractivity contribution in [1.82, 2.24) is 19.6 Å². The van der Waals surface area contributed by atoms with E-state index in [1.807, 2.05) is 0 Å². The zero-order chi connectivity index (χ0) is 83.3. The van der Waals surface area contributed by atoms with Crippen LogP contribution < -0.4 is 0 Å². The van der Waals surface area contributed by atoms with Crippen LogP contribution in [0.3, 0.4) is 0 Å². The maximum absolute atomic E-state index is 7.09. The van der Waals surface area contributed by atoms with Gasteiger partial charge in [0.1, 0.15) is 0 Å². The molecule has 12 aliphatic carbocycles. The van der Waals surface area contributed by atoms with Gasteiger partial charge in [0.25, 0.3) is 0 Å². The van der Waals surface area contributed by atoms with E-state index in [0.29, 0.717) is 12.2 Å². The molecule has 0 bridgehead atoms. The fourth-order valence-corrected chi connectivity index (χ4v) is 31.2. The van der Waals surface area contributed by atoms with Gasteiger partial charge >= 0.3 is 0 Å². The Kier molecular flexibility index (Phi) is 46.0. The lowest BCUT2D eigenvalue weighted by Crippen LogP contribution is -2.72. The molecule has 698 valence electrons. The first-order valence-corrected chi connectivity index (χ1v) is 57.5. The van der Waals surface area contributed by atoms with Crippen molar-refractivity contribution >= 4 is 0 Å². The van der Waals surface area contributed by atoms with Gasteiger partial charge in [-0.25, -0.2) is 0 Å². The van der Waals surface area contributed by atoms with Crippen molar-refractivity contribution in [3.63, 3.8) is 0 Å². The third-order valence-electron chi connectivity index (χ3n) is 38.0. The van der Waals surface area contributed by atoms with E-state index in [1.54, 1.807) is 25.7 Å². The van der Waals surface area contributed by atoms with E-state index in [2.05, 4.69) is 75.0 Å². The van der Waals surface area contributed by atoms with Crippen molar-refractivity contribution in [1.29, 1.82) is 0 Å². The normalized spacial score (nSPS) is 36.5. The summed E-state index contributed by atoms with van der Waals surface area (Å²) in [4.78, 5) is 14.7. The Balaban J connectivity index is 0.935. The van der Waals surface area contributed by atoms with Crippen LogP contribution in [0.1, 0.15) is 556 Å². The molecular weight excluding hydrogens is 1460 g/mol. The zero-order valence-corrected chi connectivity index (χ0v) is 82.2. The van der Waals surface area contributed by atoms with Gasteiger partial charge in [-0.2, -0.15) is 0 Å². The van der Waals surface area contributed by atoms with E-state index in [-0.39, 0.29) is 0 Å². The van der Waals surface area contributed by atoms with E-state index >= 15 is 0 Å². The third kappa shape index (κ3) is 29.9. The average Bonchev–Trinajstić information content (AvgIpc) is 0.700. The number of ether oxygens (including phenoxy) is 2. The molecule has 12 rings (SSSR count). The predicted octanol–water partition coefficient (Wildman–Crippen LogP) is 33.5. The molecule has 0 heterocycles. The monoisotopic (exact) mass is 1670 g/mol. The van der Waals surface area contributed by atoms with Crippen LogP contribution in [0.4, 0.5) is 0 Å². The van der Waals surface area contributed by atoms with E-state index in [4.69, 9.17) is 9.47 Å². The Hall–Kier alpha value is -0.240. The Morgan fingerprint density at radius 1 is 0.192 bits per heavy atom. The largest absolute Gasteiger partial charge is 0.378 e. The summed E-state index contributed by atoms with van der Waals surface area (Å²) in [5.74, 6) is 10.9. The third-order valence-corrected chi connectivity index (χ3v) is 38.0. The second-order valence-corrected chi connectivity index (χ2v) is 46.4. The smallest absolute Gasteiger partial charge is 0.0576 e. The molecular formula is C114H210N4O2. The molecule has 0 N–H and O–H groups in total.